The van der Waals surface area contributed by atoms with Gasteiger partial charge in [-0.2, -0.15) is 0 Å². The fraction of sp³-hybridized carbons (Fsp3) is 0.667. The lowest BCUT2D eigenvalue weighted by atomic mass is 9.81. The molecular formula is C18H26N2. The van der Waals surface area contributed by atoms with Gasteiger partial charge < -0.3 is 10.2 Å². The van der Waals surface area contributed by atoms with Crippen molar-refractivity contribution in [3.63, 3.8) is 0 Å². The molecule has 20 heavy (non-hydrogen) atoms. The average molecular weight is 270 g/mol. The molecule has 2 bridgehead atoms. The van der Waals surface area contributed by atoms with Crippen molar-refractivity contribution in [2.24, 2.45) is 5.92 Å². The number of hydrogen-bond donors (Lipinski definition) is 1. The SMILES string of the molecule is c1ccc2c(c1)CCCC2CN[C@H]1CN2CCC1CC2. The van der Waals surface area contributed by atoms with Gasteiger partial charge >= 0.3 is 0 Å². The van der Waals surface area contributed by atoms with Crippen molar-refractivity contribution in [2.45, 2.75) is 44.1 Å². The maximum atomic E-state index is 3.92. The molecule has 1 aliphatic carbocycles. The maximum absolute atomic E-state index is 3.92. The lowest BCUT2D eigenvalue weighted by Crippen LogP contribution is -2.56. The minimum absolute atomic E-state index is 0.746. The molecule has 1 N–H and O–H groups in total. The van der Waals surface area contributed by atoms with Crippen LogP contribution in [0.5, 0.6) is 0 Å². The molecule has 3 aliphatic heterocycles. The summed E-state index contributed by atoms with van der Waals surface area (Å²) in [4.78, 5) is 2.65. The smallest absolute Gasteiger partial charge is 0.0224 e. The second kappa shape index (κ2) is 5.50. The van der Waals surface area contributed by atoms with Crippen LogP contribution in [-0.4, -0.2) is 37.1 Å². The van der Waals surface area contributed by atoms with Gasteiger partial charge in [0.05, 0.1) is 0 Å². The van der Waals surface area contributed by atoms with Crippen LogP contribution < -0.4 is 5.32 Å². The van der Waals surface area contributed by atoms with Crippen LogP contribution in [0.4, 0.5) is 0 Å². The molecule has 0 spiro atoms. The first kappa shape index (κ1) is 12.8. The summed E-state index contributed by atoms with van der Waals surface area (Å²) < 4.78 is 0. The van der Waals surface area contributed by atoms with Crippen LogP contribution in [0.3, 0.4) is 0 Å². The van der Waals surface area contributed by atoms with E-state index in [0.29, 0.717) is 0 Å². The highest BCUT2D eigenvalue weighted by molar-refractivity contribution is 5.32. The van der Waals surface area contributed by atoms with Crippen LogP contribution >= 0.6 is 0 Å². The van der Waals surface area contributed by atoms with Crippen LogP contribution in [-0.2, 0) is 6.42 Å². The quantitative estimate of drug-likeness (QED) is 0.908. The van der Waals surface area contributed by atoms with E-state index in [0.717, 1.165) is 17.9 Å². The van der Waals surface area contributed by atoms with E-state index >= 15 is 0 Å². The second-order valence-electron chi connectivity index (χ2n) is 6.94. The third-order valence-corrected chi connectivity index (χ3v) is 5.78. The molecule has 1 aromatic carbocycles. The Balaban J connectivity index is 1.41. The Morgan fingerprint density at radius 3 is 2.75 bits per heavy atom. The molecule has 2 heteroatoms. The standard InChI is InChI=1S/C18H26N2/c1-2-7-17-14(4-1)5-3-6-16(17)12-19-18-13-20-10-8-15(18)9-11-20/h1-2,4,7,15-16,18-19H,3,5-6,8-13H2/t16?,18-/m0/s1. The lowest BCUT2D eigenvalue weighted by molar-refractivity contribution is 0.0718. The highest BCUT2D eigenvalue weighted by atomic mass is 15.2. The lowest BCUT2D eigenvalue weighted by Gasteiger charge is -2.45. The Kier molecular flexibility index (Phi) is 3.53. The van der Waals surface area contributed by atoms with Crippen LogP contribution in [0.15, 0.2) is 24.3 Å². The first-order valence-electron chi connectivity index (χ1n) is 8.44. The number of aryl methyl sites for hydroxylation is 1. The number of nitrogens with zero attached hydrogens (tertiary/aromatic N) is 1. The van der Waals surface area contributed by atoms with Crippen molar-refractivity contribution in [2.75, 3.05) is 26.2 Å². The fourth-order valence-electron chi connectivity index (χ4n) is 4.56. The van der Waals surface area contributed by atoms with Crippen LogP contribution in [0.2, 0.25) is 0 Å². The van der Waals surface area contributed by atoms with Crippen molar-refractivity contribution in [3.05, 3.63) is 35.4 Å². The van der Waals surface area contributed by atoms with E-state index in [9.17, 15) is 0 Å². The first-order chi connectivity index (χ1) is 9.90. The summed E-state index contributed by atoms with van der Waals surface area (Å²) in [5.41, 5.74) is 3.21. The summed E-state index contributed by atoms with van der Waals surface area (Å²) in [5, 5.41) is 3.92. The molecule has 0 saturated carbocycles. The normalized spacial score (nSPS) is 35.8. The molecule has 2 nitrogen and oxygen atoms in total. The predicted octanol–water partition coefficient (Wildman–Crippen LogP) is 2.79. The summed E-state index contributed by atoms with van der Waals surface area (Å²) in [7, 11) is 0. The Bertz CT molecular complexity index is 462. The van der Waals surface area contributed by atoms with E-state index in [2.05, 4.69) is 34.5 Å². The Labute approximate surface area is 122 Å². The van der Waals surface area contributed by atoms with Crippen molar-refractivity contribution in [1.82, 2.24) is 10.2 Å². The summed E-state index contributed by atoms with van der Waals surface area (Å²) in [6.07, 6.45) is 6.85. The van der Waals surface area contributed by atoms with Gasteiger partial charge in [-0.15, -0.1) is 0 Å². The number of rotatable bonds is 3. The number of nitrogens with one attached hydrogen (secondary N) is 1. The van der Waals surface area contributed by atoms with Crippen molar-refractivity contribution in [1.29, 1.82) is 0 Å². The predicted molar refractivity (Wildman–Crippen MR) is 83.1 cm³/mol. The van der Waals surface area contributed by atoms with E-state index in [1.807, 2.05) is 0 Å². The van der Waals surface area contributed by atoms with Gasteiger partial charge in [-0.1, -0.05) is 24.3 Å². The van der Waals surface area contributed by atoms with Gasteiger partial charge in [-0.25, -0.2) is 0 Å². The van der Waals surface area contributed by atoms with Crippen molar-refractivity contribution < 1.29 is 0 Å². The van der Waals surface area contributed by atoms with E-state index in [1.54, 1.807) is 11.1 Å². The molecule has 108 valence electrons. The van der Waals surface area contributed by atoms with Gasteiger partial charge in [0.1, 0.15) is 0 Å². The molecule has 3 heterocycles. The molecule has 3 saturated heterocycles. The summed E-state index contributed by atoms with van der Waals surface area (Å²) in [6, 6.07) is 9.85. The monoisotopic (exact) mass is 270 g/mol. The first-order valence-corrected chi connectivity index (χ1v) is 8.44. The zero-order valence-electron chi connectivity index (χ0n) is 12.4. The van der Waals surface area contributed by atoms with Gasteiger partial charge in [-0.3, -0.25) is 0 Å². The van der Waals surface area contributed by atoms with Crippen LogP contribution in [0.25, 0.3) is 0 Å². The molecule has 0 radical (unpaired) electrons. The van der Waals surface area contributed by atoms with E-state index in [4.69, 9.17) is 0 Å². The van der Waals surface area contributed by atoms with Crippen LogP contribution in [0, 0.1) is 5.92 Å². The average Bonchev–Trinajstić information content (AvgIpc) is 2.54. The topological polar surface area (TPSA) is 15.3 Å². The molecule has 1 unspecified atom stereocenters. The van der Waals surface area contributed by atoms with Gasteiger partial charge in [0.25, 0.3) is 0 Å². The van der Waals surface area contributed by atoms with Crippen LogP contribution in [0.1, 0.15) is 42.7 Å². The third-order valence-electron chi connectivity index (χ3n) is 5.78. The van der Waals surface area contributed by atoms with Gasteiger partial charge in [0.2, 0.25) is 0 Å². The summed E-state index contributed by atoms with van der Waals surface area (Å²) in [5.74, 6) is 1.69. The van der Waals surface area contributed by atoms with Crippen molar-refractivity contribution >= 4 is 0 Å². The van der Waals surface area contributed by atoms with E-state index < -0.39 is 0 Å². The van der Waals surface area contributed by atoms with E-state index in [-0.39, 0.29) is 0 Å². The number of benzene rings is 1. The fourth-order valence-corrected chi connectivity index (χ4v) is 4.56. The summed E-state index contributed by atoms with van der Waals surface area (Å²) >= 11 is 0. The number of fused-ring (bicyclic) bond motifs is 4. The Hall–Kier alpha value is -0.860. The molecular weight excluding hydrogens is 244 g/mol. The number of piperidine rings is 3. The largest absolute Gasteiger partial charge is 0.312 e. The second-order valence-corrected chi connectivity index (χ2v) is 6.94. The maximum Gasteiger partial charge on any atom is 0.0224 e. The van der Waals surface area contributed by atoms with Gasteiger partial charge in [-0.05, 0) is 68.2 Å². The summed E-state index contributed by atoms with van der Waals surface area (Å²) in [6.45, 7) is 5.16. The molecule has 0 amide bonds. The molecule has 2 atom stereocenters. The molecule has 3 fully saturated rings. The molecule has 1 aromatic rings. The molecule has 4 aliphatic rings. The number of hydrogen-bond acceptors (Lipinski definition) is 2. The van der Waals surface area contributed by atoms with Gasteiger partial charge in [0, 0.05) is 19.1 Å². The minimum atomic E-state index is 0.746. The zero-order valence-corrected chi connectivity index (χ0v) is 12.4. The van der Waals surface area contributed by atoms with Gasteiger partial charge in [0.15, 0.2) is 0 Å². The highest BCUT2D eigenvalue weighted by Gasteiger charge is 2.34. The zero-order chi connectivity index (χ0) is 13.4. The third kappa shape index (κ3) is 2.40. The minimum Gasteiger partial charge on any atom is -0.312 e. The highest BCUT2D eigenvalue weighted by Crippen LogP contribution is 2.32. The van der Waals surface area contributed by atoms with E-state index in [1.165, 1.54) is 58.3 Å². The Morgan fingerprint density at radius 1 is 1.10 bits per heavy atom. The molecule has 0 aromatic heterocycles. The van der Waals surface area contributed by atoms with Crippen molar-refractivity contribution in [3.8, 4) is 0 Å². The Morgan fingerprint density at radius 2 is 1.95 bits per heavy atom. The molecule has 5 rings (SSSR count).